The first-order valence-corrected chi connectivity index (χ1v) is 9.72. The highest BCUT2D eigenvalue weighted by atomic mass is 32.1. The van der Waals surface area contributed by atoms with Crippen molar-refractivity contribution in [3.63, 3.8) is 0 Å². The maximum Gasteiger partial charge on any atom is 0.291 e. The van der Waals surface area contributed by atoms with E-state index < -0.39 is 0 Å². The van der Waals surface area contributed by atoms with Gasteiger partial charge in [0.15, 0.2) is 5.76 Å². The smallest absolute Gasteiger partial charge is 0.291 e. The van der Waals surface area contributed by atoms with E-state index in [-0.39, 0.29) is 11.9 Å². The van der Waals surface area contributed by atoms with E-state index in [4.69, 9.17) is 9.15 Å². The van der Waals surface area contributed by atoms with E-state index in [1.807, 2.05) is 31.3 Å². The van der Waals surface area contributed by atoms with Crippen LogP contribution in [0.15, 0.2) is 53.3 Å². The summed E-state index contributed by atoms with van der Waals surface area (Å²) in [5, 5.41) is 3.85. The zero-order valence-electron chi connectivity index (χ0n) is 15.1. The van der Waals surface area contributed by atoms with Gasteiger partial charge >= 0.3 is 0 Å². The van der Waals surface area contributed by atoms with E-state index in [1.54, 1.807) is 23.5 Å². The van der Waals surface area contributed by atoms with Gasteiger partial charge in [-0.05, 0) is 37.3 Å². The van der Waals surface area contributed by atoms with E-state index >= 15 is 0 Å². The Kier molecular flexibility index (Phi) is 5.33. The summed E-state index contributed by atoms with van der Waals surface area (Å²) in [4.78, 5) is 20.6. The SMILES string of the molecule is Cc1cc([C@@H](c2ccccn2)N2CCOCC2)c(NC(=O)c2ccco2)s1. The summed E-state index contributed by atoms with van der Waals surface area (Å²) in [5.74, 6) is 0.0533. The van der Waals surface area contributed by atoms with Crippen LogP contribution in [-0.2, 0) is 4.74 Å². The number of rotatable bonds is 5. The number of carbonyl (C=O) groups excluding carboxylic acids is 1. The Morgan fingerprint density at radius 3 is 2.81 bits per heavy atom. The maximum absolute atomic E-state index is 12.5. The molecule has 4 rings (SSSR count). The minimum absolute atomic E-state index is 0.0352. The molecular weight excluding hydrogens is 362 g/mol. The van der Waals surface area contributed by atoms with E-state index in [1.165, 1.54) is 6.26 Å². The zero-order valence-corrected chi connectivity index (χ0v) is 15.9. The second kappa shape index (κ2) is 8.04. The predicted octanol–water partition coefficient (Wildman–Crippen LogP) is 3.72. The molecule has 0 bridgehead atoms. The van der Waals surface area contributed by atoms with Crippen molar-refractivity contribution < 1.29 is 13.9 Å². The Morgan fingerprint density at radius 2 is 2.11 bits per heavy atom. The molecule has 1 fully saturated rings. The Morgan fingerprint density at radius 1 is 1.26 bits per heavy atom. The average Bonchev–Trinajstić information content (AvgIpc) is 3.34. The number of hydrogen-bond acceptors (Lipinski definition) is 6. The Hall–Kier alpha value is -2.48. The van der Waals surface area contributed by atoms with Gasteiger partial charge in [0.2, 0.25) is 0 Å². The quantitative estimate of drug-likeness (QED) is 0.727. The van der Waals surface area contributed by atoms with Crippen molar-refractivity contribution in [1.29, 1.82) is 0 Å². The van der Waals surface area contributed by atoms with Gasteiger partial charge in [0, 0.05) is 29.7 Å². The second-order valence-corrected chi connectivity index (χ2v) is 7.63. The number of aromatic nitrogens is 1. The highest BCUT2D eigenvalue weighted by Crippen LogP contribution is 2.38. The van der Waals surface area contributed by atoms with Gasteiger partial charge in [-0.3, -0.25) is 14.7 Å². The largest absolute Gasteiger partial charge is 0.459 e. The van der Waals surface area contributed by atoms with Crippen molar-refractivity contribution in [1.82, 2.24) is 9.88 Å². The molecule has 0 unspecified atom stereocenters. The average molecular weight is 383 g/mol. The summed E-state index contributed by atoms with van der Waals surface area (Å²) in [6.07, 6.45) is 3.31. The summed E-state index contributed by atoms with van der Waals surface area (Å²) >= 11 is 1.57. The lowest BCUT2D eigenvalue weighted by molar-refractivity contribution is 0.0234. The number of nitrogens with one attached hydrogen (secondary N) is 1. The number of carbonyl (C=O) groups is 1. The first kappa shape index (κ1) is 17.9. The van der Waals surface area contributed by atoms with Gasteiger partial charge in [-0.1, -0.05) is 6.07 Å². The van der Waals surface area contributed by atoms with Crippen LogP contribution in [0.1, 0.15) is 32.7 Å². The monoisotopic (exact) mass is 383 g/mol. The van der Waals surface area contributed by atoms with E-state index in [0.29, 0.717) is 19.0 Å². The third-order valence-corrected chi connectivity index (χ3v) is 5.51. The molecule has 1 aliphatic rings. The molecule has 0 spiro atoms. The summed E-state index contributed by atoms with van der Waals surface area (Å²) in [6.45, 7) is 5.08. The van der Waals surface area contributed by atoms with Crippen molar-refractivity contribution in [2.24, 2.45) is 0 Å². The van der Waals surface area contributed by atoms with Gasteiger partial charge in [0.25, 0.3) is 5.91 Å². The number of morpholine rings is 1. The molecule has 1 atom stereocenters. The molecule has 0 aromatic carbocycles. The number of pyridine rings is 1. The van der Waals surface area contributed by atoms with E-state index in [2.05, 4.69) is 21.3 Å². The van der Waals surface area contributed by atoms with Crippen molar-refractivity contribution in [3.8, 4) is 0 Å². The first-order chi connectivity index (χ1) is 13.2. The summed E-state index contributed by atoms with van der Waals surface area (Å²) < 4.78 is 10.8. The van der Waals surface area contributed by atoms with E-state index in [9.17, 15) is 4.79 Å². The van der Waals surface area contributed by atoms with E-state index in [0.717, 1.165) is 34.2 Å². The molecule has 140 valence electrons. The first-order valence-electron chi connectivity index (χ1n) is 8.90. The summed E-state index contributed by atoms with van der Waals surface area (Å²) in [7, 11) is 0. The Bertz CT molecular complexity index is 887. The molecule has 3 aromatic heterocycles. The maximum atomic E-state index is 12.5. The third kappa shape index (κ3) is 3.95. The standard InChI is InChI=1S/C20H21N3O3S/c1-14-13-15(20(27-14)22-19(24)17-6-4-10-26-17)18(16-5-2-3-7-21-16)23-8-11-25-12-9-23/h2-7,10,13,18H,8-9,11-12H2,1H3,(H,22,24)/t18-/m0/s1. The molecule has 0 radical (unpaired) electrons. The molecule has 6 nitrogen and oxygen atoms in total. The van der Waals surface area contributed by atoms with Crippen molar-refractivity contribution in [3.05, 3.63) is 70.8 Å². The van der Waals surface area contributed by atoms with Crippen molar-refractivity contribution in [2.75, 3.05) is 31.6 Å². The summed E-state index contributed by atoms with van der Waals surface area (Å²) in [6, 6.07) is 11.4. The number of furan rings is 1. The lowest BCUT2D eigenvalue weighted by atomic mass is 10.0. The van der Waals surface area contributed by atoms with Gasteiger partial charge in [-0.2, -0.15) is 0 Å². The highest BCUT2D eigenvalue weighted by Gasteiger charge is 2.29. The minimum Gasteiger partial charge on any atom is -0.459 e. The number of thiophene rings is 1. The van der Waals surface area contributed by atoms with Crippen LogP contribution in [0, 0.1) is 6.92 Å². The van der Waals surface area contributed by atoms with Crippen molar-refractivity contribution >= 4 is 22.2 Å². The van der Waals surface area contributed by atoms with Gasteiger partial charge in [0.1, 0.15) is 5.00 Å². The zero-order chi connectivity index (χ0) is 18.6. The minimum atomic E-state index is -0.246. The molecule has 1 saturated heterocycles. The van der Waals surface area contributed by atoms with Crippen LogP contribution in [0.3, 0.4) is 0 Å². The van der Waals surface area contributed by atoms with Crippen molar-refractivity contribution in [2.45, 2.75) is 13.0 Å². The summed E-state index contributed by atoms with van der Waals surface area (Å²) in [5.41, 5.74) is 2.02. The van der Waals surface area contributed by atoms with Crippen LogP contribution < -0.4 is 5.32 Å². The lowest BCUT2D eigenvalue weighted by Crippen LogP contribution is -2.40. The molecule has 1 aliphatic heterocycles. The molecular formula is C20H21N3O3S. The predicted molar refractivity (Wildman–Crippen MR) is 104 cm³/mol. The van der Waals surface area contributed by atoms with Crippen LogP contribution >= 0.6 is 11.3 Å². The van der Waals surface area contributed by atoms with Crippen LogP contribution in [-0.4, -0.2) is 42.1 Å². The normalized spacial score (nSPS) is 16.2. The molecule has 27 heavy (non-hydrogen) atoms. The fraction of sp³-hybridized carbons (Fsp3) is 0.300. The van der Waals surface area contributed by atoms with Crippen LogP contribution in [0.2, 0.25) is 0 Å². The van der Waals surface area contributed by atoms with Crippen LogP contribution in [0.4, 0.5) is 5.00 Å². The number of anilines is 1. The number of ether oxygens (including phenoxy) is 1. The molecule has 3 aromatic rings. The van der Waals surface area contributed by atoms with Gasteiger partial charge in [-0.15, -0.1) is 11.3 Å². The number of amides is 1. The molecule has 1 amide bonds. The van der Waals surface area contributed by atoms with Crippen LogP contribution in [0.5, 0.6) is 0 Å². The lowest BCUT2D eigenvalue weighted by Gasteiger charge is -2.34. The second-order valence-electron chi connectivity index (χ2n) is 6.38. The third-order valence-electron chi connectivity index (χ3n) is 4.53. The Balaban J connectivity index is 1.70. The molecule has 7 heteroatoms. The molecule has 4 heterocycles. The van der Waals surface area contributed by atoms with Crippen LogP contribution in [0.25, 0.3) is 0 Å². The molecule has 1 N–H and O–H groups in total. The van der Waals surface area contributed by atoms with Gasteiger partial charge < -0.3 is 14.5 Å². The molecule has 0 aliphatic carbocycles. The van der Waals surface area contributed by atoms with Gasteiger partial charge in [-0.25, -0.2) is 0 Å². The highest BCUT2D eigenvalue weighted by molar-refractivity contribution is 7.16. The number of aryl methyl sites for hydroxylation is 1. The van der Waals surface area contributed by atoms with Gasteiger partial charge in [0.05, 0.1) is 31.2 Å². The molecule has 0 saturated carbocycles. The fourth-order valence-electron chi connectivity index (χ4n) is 3.32. The topological polar surface area (TPSA) is 67.6 Å². The fourth-order valence-corrected chi connectivity index (χ4v) is 4.26. The Labute approximate surface area is 161 Å². The number of nitrogens with zero attached hydrogens (tertiary/aromatic N) is 2. The number of hydrogen-bond donors (Lipinski definition) is 1.